The van der Waals surface area contributed by atoms with Crippen molar-refractivity contribution in [1.29, 1.82) is 0 Å². The van der Waals surface area contributed by atoms with Gasteiger partial charge in [-0.2, -0.15) is 0 Å². The van der Waals surface area contributed by atoms with Gasteiger partial charge in [-0.15, -0.1) is 0 Å². The van der Waals surface area contributed by atoms with Gasteiger partial charge in [0, 0.05) is 0 Å². The Morgan fingerprint density at radius 3 is 2.40 bits per heavy atom. The van der Waals surface area contributed by atoms with Gasteiger partial charge >= 0.3 is 0 Å². The summed E-state index contributed by atoms with van der Waals surface area (Å²) in [5, 5.41) is 4.00. The zero-order valence-electron chi connectivity index (χ0n) is 9.89. The number of aryl methyl sites for hydroxylation is 2. The molecule has 0 radical (unpaired) electrons. The van der Waals surface area contributed by atoms with Gasteiger partial charge in [-0.05, 0) is 13.8 Å². The van der Waals surface area contributed by atoms with Gasteiger partial charge in [0.05, 0.1) is 18.3 Å². The Balaban J connectivity index is 1.97. The first-order valence-corrected chi connectivity index (χ1v) is 5.73. The molecule has 1 aromatic rings. The highest BCUT2D eigenvalue weighted by atomic mass is 16.5. The Bertz CT molecular complexity index is 307. The number of likely N-dealkylation sites (N-methyl/N-ethyl adjacent to an activating group) is 1. The first-order chi connectivity index (χ1) is 7.16. The molecule has 2 heterocycles. The van der Waals surface area contributed by atoms with Crippen molar-refractivity contribution in [3.63, 3.8) is 0 Å². The first-order valence-electron chi connectivity index (χ1n) is 5.73. The molecule has 0 atom stereocenters. The maximum Gasteiger partial charge on any atom is 0.142 e. The minimum Gasteiger partial charge on any atom is -0.361 e. The largest absolute Gasteiger partial charge is 0.361 e. The van der Waals surface area contributed by atoms with E-state index in [9.17, 15) is 0 Å². The minimum absolute atomic E-state index is 0.992. The lowest BCUT2D eigenvalue weighted by Gasteiger charge is -2.27. The molecule has 0 spiro atoms. The third-order valence-electron chi connectivity index (χ3n) is 3.42. The number of piperazine rings is 1. The summed E-state index contributed by atoms with van der Waals surface area (Å²) in [5.74, 6) is 0.992. The van der Waals surface area contributed by atoms with E-state index >= 15 is 0 Å². The molecule has 0 bridgehead atoms. The molecule has 2 rings (SSSR count). The third kappa shape index (κ3) is 2.38. The van der Waals surface area contributed by atoms with E-state index in [4.69, 9.17) is 4.52 Å². The van der Waals surface area contributed by atoms with Gasteiger partial charge in [-0.1, -0.05) is 5.16 Å². The average Bonchev–Trinajstić information content (AvgIpc) is 2.53. The zero-order chi connectivity index (χ0) is 10.8. The molecule has 15 heavy (non-hydrogen) atoms. The summed E-state index contributed by atoms with van der Waals surface area (Å²) in [7, 11) is 2.27. The van der Waals surface area contributed by atoms with Crippen LogP contribution in [0.5, 0.6) is 0 Å². The Kier molecular flexibility index (Phi) is 3.07. The molecule has 0 amide bonds. The van der Waals surface area contributed by atoms with Crippen LogP contribution in [0, 0.1) is 13.8 Å². The van der Waals surface area contributed by atoms with Crippen molar-refractivity contribution in [3.8, 4) is 0 Å². The van der Waals surface area contributed by atoms with Crippen LogP contribution in [0.25, 0.3) is 0 Å². The van der Waals surface area contributed by atoms with Crippen LogP contribution in [0.2, 0.25) is 0 Å². The van der Waals surface area contributed by atoms with E-state index in [2.05, 4.69) is 12.2 Å². The monoisotopic (exact) mass is 211 g/mol. The van der Waals surface area contributed by atoms with Crippen molar-refractivity contribution in [2.45, 2.75) is 20.4 Å². The van der Waals surface area contributed by atoms with Gasteiger partial charge in [0.1, 0.15) is 38.5 Å². The zero-order valence-corrected chi connectivity index (χ0v) is 9.89. The summed E-state index contributed by atoms with van der Waals surface area (Å²) < 4.78 is 5.19. The second-order valence-electron chi connectivity index (χ2n) is 4.69. The molecule has 84 valence electrons. The predicted molar refractivity (Wildman–Crippen MR) is 57.0 cm³/mol. The Labute approximate surface area is 90.8 Å². The van der Waals surface area contributed by atoms with Crippen LogP contribution in [0.3, 0.4) is 0 Å². The normalized spacial score (nSPS) is 26.9. The summed E-state index contributed by atoms with van der Waals surface area (Å²) in [6, 6.07) is 0. The molecule has 2 N–H and O–H groups in total. The fourth-order valence-electron chi connectivity index (χ4n) is 2.21. The molecule has 0 unspecified atom stereocenters. The van der Waals surface area contributed by atoms with Crippen molar-refractivity contribution in [1.82, 2.24) is 5.16 Å². The summed E-state index contributed by atoms with van der Waals surface area (Å²) in [5.41, 5.74) is 2.37. The third-order valence-corrected chi connectivity index (χ3v) is 3.42. The number of hydrogen-bond donors (Lipinski definition) is 2. The number of aromatic nitrogens is 1. The molecule has 0 aliphatic carbocycles. The molecule has 1 fully saturated rings. The predicted octanol–water partition coefficient (Wildman–Crippen LogP) is -1.80. The SMILES string of the molecule is Cc1noc(C)c1C[NH+]1CC[NH+](C)CC1. The van der Waals surface area contributed by atoms with E-state index in [1.54, 1.807) is 9.80 Å². The van der Waals surface area contributed by atoms with Gasteiger partial charge in [0.25, 0.3) is 0 Å². The molecular weight excluding hydrogens is 190 g/mol. The van der Waals surface area contributed by atoms with E-state index in [0.29, 0.717) is 0 Å². The fraction of sp³-hybridized carbons (Fsp3) is 0.727. The van der Waals surface area contributed by atoms with E-state index in [1.165, 1.54) is 31.7 Å². The highest BCUT2D eigenvalue weighted by Crippen LogP contribution is 2.10. The van der Waals surface area contributed by atoms with Crippen LogP contribution in [0.1, 0.15) is 17.0 Å². The number of nitrogens with one attached hydrogen (secondary N) is 2. The molecule has 1 saturated heterocycles. The molecule has 1 aliphatic heterocycles. The molecule has 1 aromatic heterocycles. The summed E-state index contributed by atoms with van der Waals surface area (Å²) >= 11 is 0. The van der Waals surface area contributed by atoms with Crippen LogP contribution in [-0.4, -0.2) is 38.4 Å². The summed E-state index contributed by atoms with van der Waals surface area (Å²) in [6.45, 7) is 10.2. The quantitative estimate of drug-likeness (QED) is 0.606. The molecule has 4 heteroatoms. The van der Waals surface area contributed by atoms with Gasteiger partial charge in [-0.25, -0.2) is 0 Å². The number of rotatable bonds is 2. The second-order valence-corrected chi connectivity index (χ2v) is 4.69. The smallest absolute Gasteiger partial charge is 0.142 e. The van der Waals surface area contributed by atoms with Crippen molar-refractivity contribution in [2.24, 2.45) is 0 Å². The maximum atomic E-state index is 5.19. The van der Waals surface area contributed by atoms with Crippen LogP contribution < -0.4 is 9.80 Å². The van der Waals surface area contributed by atoms with Gasteiger partial charge < -0.3 is 14.3 Å². The van der Waals surface area contributed by atoms with Crippen LogP contribution >= 0.6 is 0 Å². The highest BCUT2D eigenvalue weighted by molar-refractivity contribution is 5.19. The number of hydrogen-bond acceptors (Lipinski definition) is 2. The van der Waals surface area contributed by atoms with Crippen molar-refractivity contribution in [3.05, 3.63) is 17.0 Å². The van der Waals surface area contributed by atoms with Crippen molar-refractivity contribution in [2.75, 3.05) is 33.2 Å². The summed E-state index contributed by atoms with van der Waals surface area (Å²) in [4.78, 5) is 3.31. The lowest BCUT2D eigenvalue weighted by Crippen LogP contribution is -3.26. The van der Waals surface area contributed by atoms with Crippen molar-refractivity contribution < 1.29 is 14.3 Å². The first kappa shape index (κ1) is 10.6. The Morgan fingerprint density at radius 1 is 1.20 bits per heavy atom. The molecule has 0 aromatic carbocycles. The van der Waals surface area contributed by atoms with Gasteiger partial charge in [0.2, 0.25) is 0 Å². The van der Waals surface area contributed by atoms with Gasteiger partial charge in [0.15, 0.2) is 0 Å². The maximum absolute atomic E-state index is 5.19. The van der Waals surface area contributed by atoms with Crippen LogP contribution in [0.4, 0.5) is 0 Å². The minimum atomic E-state index is 0.992. The van der Waals surface area contributed by atoms with E-state index in [0.717, 1.165) is 18.0 Å². The Morgan fingerprint density at radius 2 is 1.87 bits per heavy atom. The fourth-order valence-corrected chi connectivity index (χ4v) is 2.21. The number of nitrogens with zero attached hydrogens (tertiary/aromatic N) is 1. The highest BCUT2D eigenvalue weighted by Gasteiger charge is 2.22. The van der Waals surface area contributed by atoms with Crippen LogP contribution in [-0.2, 0) is 6.54 Å². The summed E-state index contributed by atoms with van der Waals surface area (Å²) in [6.07, 6.45) is 0. The molecule has 0 saturated carbocycles. The Hall–Kier alpha value is -0.870. The van der Waals surface area contributed by atoms with Crippen molar-refractivity contribution >= 4 is 0 Å². The van der Waals surface area contributed by atoms with Gasteiger partial charge in [-0.3, -0.25) is 0 Å². The molecule has 1 aliphatic rings. The molecular formula is C11H21N3O+2. The lowest BCUT2D eigenvalue weighted by molar-refractivity contribution is -1.01. The van der Waals surface area contributed by atoms with E-state index in [1.807, 2.05) is 13.8 Å². The average molecular weight is 211 g/mol. The number of quaternary nitrogens is 2. The standard InChI is InChI=1S/C11H19N3O/c1-9-11(10(2)15-12-9)8-14-6-4-13(3)5-7-14/h4-8H2,1-3H3/p+2. The lowest BCUT2D eigenvalue weighted by atomic mass is 10.2. The van der Waals surface area contributed by atoms with Crippen LogP contribution in [0.15, 0.2) is 4.52 Å². The topological polar surface area (TPSA) is 34.9 Å². The second kappa shape index (κ2) is 4.33. The molecule has 4 nitrogen and oxygen atoms in total. The van der Waals surface area contributed by atoms with E-state index < -0.39 is 0 Å². The van der Waals surface area contributed by atoms with E-state index in [-0.39, 0.29) is 0 Å².